The van der Waals surface area contributed by atoms with E-state index in [9.17, 15) is 9.90 Å². The first-order valence-corrected chi connectivity index (χ1v) is 12.7. The van der Waals surface area contributed by atoms with E-state index in [0.29, 0.717) is 24.8 Å². The van der Waals surface area contributed by atoms with Gasteiger partial charge in [0.05, 0.1) is 33.5 Å². The average Bonchev–Trinajstić information content (AvgIpc) is 3.34. The van der Waals surface area contributed by atoms with Gasteiger partial charge in [0.1, 0.15) is 35.2 Å². The minimum atomic E-state index is -1.07. The topological polar surface area (TPSA) is 99.1 Å². The summed E-state index contributed by atoms with van der Waals surface area (Å²) in [7, 11) is 4.74. The fourth-order valence-corrected chi connectivity index (χ4v) is 5.36. The van der Waals surface area contributed by atoms with E-state index in [2.05, 4.69) is 0 Å². The van der Waals surface area contributed by atoms with E-state index in [-0.39, 0.29) is 11.5 Å². The van der Waals surface area contributed by atoms with E-state index >= 15 is 0 Å². The molecule has 194 valence electrons. The molecule has 0 unspecified atom stereocenters. The molecular formula is C26H32N2O7S. The van der Waals surface area contributed by atoms with Crippen LogP contribution in [0.2, 0.25) is 0 Å². The van der Waals surface area contributed by atoms with Crippen molar-refractivity contribution in [1.82, 2.24) is 4.90 Å². The maximum Gasteiger partial charge on any atom is 0.413 e. The fraction of sp³-hybridized carbons (Fsp3) is 0.462. The lowest BCUT2D eigenvalue weighted by Gasteiger charge is -2.42. The lowest BCUT2D eigenvalue weighted by atomic mass is 9.96. The average molecular weight is 517 g/mol. The van der Waals surface area contributed by atoms with E-state index in [1.807, 2.05) is 55.5 Å². The predicted octanol–water partition coefficient (Wildman–Crippen LogP) is 4.39. The Hall–Kier alpha value is -2.79. The second-order valence-electron chi connectivity index (χ2n) is 8.56. The maximum absolute atomic E-state index is 11.5. The normalized spacial score (nSPS) is 25.1. The third-order valence-electron chi connectivity index (χ3n) is 6.27. The third-order valence-corrected chi connectivity index (χ3v) is 7.49. The molecule has 4 rings (SSSR count). The number of amidine groups is 1. The summed E-state index contributed by atoms with van der Waals surface area (Å²) in [4.78, 5) is 17.4. The number of nitrogens with zero attached hydrogens (tertiary/aromatic N) is 2. The van der Waals surface area contributed by atoms with Crippen molar-refractivity contribution in [3.05, 3.63) is 59.7 Å². The van der Waals surface area contributed by atoms with Crippen molar-refractivity contribution in [3.8, 4) is 11.5 Å². The molecule has 10 heteroatoms. The molecule has 0 spiro atoms. The summed E-state index contributed by atoms with van der Waals surface area (Å²) in [5.74, 6) is 1.55. The molecule has 1 N–H and O–H groups in total. The largest absolute Gasteiger partial charge is 0.497 e. The Kier molecular flexibility index (Phi) is 8.73. The van der Waals surface area contributed by atoms with Gasteiger partial charge in [0, 0.05) is 7.05 Å². The van der Waals surface area contributed by atoms with E-state index in [4.69, 9.17) is 28.7 Å². The van der Waals surface area contributed by atoms with Crippen molar-refractivity contribution in [2.24, 2.45) is 4.99 Å². The number of rotatable bonds is 9. The van der Waals surface area contributed by atoms with Gasteiger partial charge < -0.3 is 28.8 Å². The highest BCUT2D eigenvalue weighted by atomic mass is 32.2. The first-order chi connectivity index (χ1) is 17.4. The molecule has 9 nitrogen and oxygen atoms in total. The number of fused-ring (bicyclic) bond motifs is 1. The molecule has 5 atom stereocenters. The standard InChI is InChI=1S/C26H32N2O7S/c1-5-20-22(33-14-16-6-10-18(31-3)11-7-16)23(34-15-17-8-12-19(32-4)13-9-17)21-24(35-20)36-25(27-21)28(2)26(29)30/h6-13,20-24H,5,14-15H2,1-4H3,(H,29,30)/t20-,21-,22-,23-,24-/m1/s1. The Bertz CT molecular complexity index is 1050. The number of hydrogen-bond donors (Lipinski definition) is 1. The molecule has 1 amide bonds. The number of benzene rings is 2. The van der Waals surface area contributed by atoms with Gasteiger partial charge in [-0.15, -0.1) is 0 Å². The highest BCUT2D eigenvalue weighted by Gasteiger charge is 2.51. The van der Waals surface area contributed by atoms with Crippen molar-refractivity contribution in [3.63, 3.8) is 0 Å². The molecule has 2 aliphatic heterocycles. The predicted molar refractivity (Wildman–Crippen MR) is 137 cm³/mol. The van der Waals surface area contributed by atoms with Crippen LogP contribution in [0.25, 0.3) is 0 Å². The van der Waals surface area contributed by atoms with E-state index < -0.39 is 24.3 Å². The molecule has 2 aliphatic rings. The van der Waals surface area contributed by atoms with Crippen LogP contribution in [0.5, 0.6) is 11.5 Å². The molecule has 2 heterocycles. The number of thioether (sulfide) groups is 1. The summed E-state index contributed by atoms with van der Waals surface area (Å²) >= 11 is 1.31. The molecule has 0 saturated carbocycles. The minimum Gasteiger partial charge on any atom is -0.497 e. The summed E-state index contributed by atoms with van der Waals surface area (Å²) in [6.07, 6.45) is -1.42. The zero-order valence-electron chi connectivity index (χ0n) is 20.8. The van der Waals surface area contributed by atoms with Crippen LogP contribution >= 0.6 is 11.8 Å². The quantitative estimate of drug-likeness (QED) is 0.524. The zero-order chi connectivity index (χ0) is 25.7. The number of methoxy groups -OCH3 is 2. The van der Waals surface area contributed by atoms with Crippen molar-refractivity contribution >= 4 is 23.0 Å². The van der Waals surface area contributed by atoms with Gasteiger partial charge in [-0.3, -0.25) is 9.89 Å². The Morgan fingerprint density at radius 2 is 1.50 bits per heavy atom. The molecule has 0 aromatic heterocycles. The second-order valence-corrected chi connectivity index (χ2v) is 9.63. The summed E-state index contributed by atoms with van der Waals surface area (Å²) in [5.41, 5.74) is 1.63. The van der Waals surface area contributed by atoms with Gasteiger partial charge >= 0.3 is 6.09 Å². The van der Waals surface area contributed by atoms with E-state index in [0.717, 1.165) is 27.5 Å². The lowest BCUT2D eigenvalue weighted by molar-refractivity contribution is -0.197. The fourth-order valence-electron chi connectivity index (χ4n) is 4.18. The van der Waals surface area contributed by atoms with Gasteiger partial charge in [-0.1, -0.05) is 43.0 Å². The highest BCUT2D eigenvalue weighted by molar-refractivity contribution is 8.14. The van der Waals surface area contributed by atoms with Crippen molar-refractivity contribution in [2.45, 2.75) is 56.3 Å². The number of carbonyl (C=O) groups is 1. The molecule has 0 radical (unpaired) electrons. The van der Waals surface area contributed by atoms with Crippen LogP contribution < -0.4 is 9.47 Å². The molecule has 2 aromatic carbocycles. The Morgan fingerprint density at radius 1 is 0.972 bits per heavy atom. The van der Waals surface area contributed by atoms with Crippen LogP contribution in [-0.2, 0) is 27.4 Å². The lowest BCUT2D eigenvalue weighted by Crippen LogP contribution is -2.56. The molecule has 0 bridgehead atoms. The maximum atomic E-state index is 11.5. The molecular weight excluding hydrogens is 484 g/mol. The monoisotopic (exact) mass is 516 g/mol. The van der Waals surface area contributed by atoms with Crippen LogP contribution in [0.4, 0.5) is 4.79 Å². The number of amides is 1. The Morgan fingerprint density at radius 3 is 1.97 bits per heavy atom. The molecule has 36 heavy (non-hydrogen) atoms. The first kappa shape index (κ1) is 26.3. The van der Waals surface area contributed by atoms with Crippen LogP contribution in [-0.4, -0.2) is 72.3 Å². The summed E-state index contributed by atoms with van der Waals surface area (Å²) in [6, 6.07) is 15.0. The van der Waals surface area contributed by atoms with Crippen molar-refractivity contribution in [1.29, 1.82) is 0 Å². The van der Waals surface area contributed by atoms with E-state index in [1.165, 1.54) is 18.8 Å². The Labute approximate surface area is 215 Å². The SMILES string of the molecule is CC[C@H]1O[C@@H]2SC(N(C)C(=O)O)=N[C@@H]2[C@@H](OCc2ccc(OC)cc2)[C@@H]1OCc1ccc(OC)cc1. The molecule has 1 saturated heterocycles. The highest BCUT2D eigenvalue weighted by Crippen LogP contribution is 2.40. The summed E-state index contributed by atoms with van der Waals surface area (Å²) in [5, 5.41) is 9.84. The van der Waals surface area contributed by atoms with Gasteiger partial charge in [0.2, 0.25) is 0 Å². The van der Waals surface area contributed by atoms with Crippen molar-refractivity contribution in [2.75, 3.05) is 21.3 Å². The van der Waals surface area contributed by atoms with E-state index in [1.54, 1.807) is 14.2 Å². The number of hydrogen-bond acceptors (Lipinski definition) is 8. The summed E-state index contributed by atoms with van der Waals surface area (Å²) in [6.45, 7) is 2.76. The number of ether oxygens (including phenoxy) is 5. The third kappa shape index (κ3) is 5.95. The van der Waals surface area contributed by atoms with Gasteiger partial charge in [-0.25, -0.2) is 4.79 Å². The van der Waals surface area contributed by atoms with Gasteiger partial charge in [0.15, 0.2) is 5.17 Å². The first-order valence-electron chi connectivity index (χ1n) is 11.8. The molecule has 2 aromatic rings. The minimum absolute atomic E-state index is 0.234. The van der Waals surface area contributed by atoms with Crippen LogP contribution in [0.3, 0.4) is 0 Å². The Balaban J connectivity index is 1.56. The van der Waals surface area contributed by atoms with Gasteiger partial charge in [-0.2, -0.15) is 0 Å². The molecule has 0 aliphatic carbocycles. The van der Waals surface area contributed by atoms with Crippen molar-refractivity contribution < 1.29 is 33.6 Å². The van der Waals surface area contributed by atoms with Crippen LogP contribution in [0.1, 0.15) is 24.5 Å². The molecule has 1 fully saturated rings. The van der Waals surface area contributed by atoms with Crippen LogP contribution in [0, 0.1) is 0 Å². The van der Waals surface area contributed by atoms with Gasteiger partial charge in [0.25, 0.3) is 0 Å². The summed E-state index contributed by atoms with van der Waals surface area (Å²) < 4.78 is 29.7. The smallest absolute Gasteiger partial charge is 0.413 e. The number of carboxylic acid groups (broad SMARTS) is 1. The van der Waals surface area contributed by atoms with Gasteiger partial charge in [-0.05, 0) is 41.8 Å². The van der Waals surface area contributed by atoms with Crippen LogP contribution in [0.15, 0.2) is 53.5 Å². The zero-order valence-corrected chi connectivity index (χ0v) is 21.6. The number of aliphatic imine (C=N–C) groups is 1. The second kappa shape index (κ2) is 12.0.